The smallest absolute Gasteiger partial charge is 0.225 e. The van der Waals surface area contributed by atoms with Gasteiger partial charge in [-0.05, 0) is 43.0 Å². The van der Waals surface area contributed by atoms with E-state index in [1.807, 2.05) is 30.3 Å². The summed E-state index contributed by atoms with van der Waals surface area (Å²) in [6.45, 7) is 2.43. The number of nitrogens with one attached hydrogen (secondary N) is 2. The number of anilines is 1. The Bertz CT molecular complexity index is 868. The SMILES string of the molecule is COc1ccc(Cl)cc1NC(=O)CCN1CCC(NC(=O)CCc2ccccc2)CC1. The van der Waals surface area contributed by atoms with Crippen molar-refractivity contribution < 1.29 is 14.3 Å². The van der Waals surface area contributed by atoms with Crippen molar-refractivity contribution in [2.45, 2.75) is 38.1 Å². The number of methoxy groups -OCH3 is 1. The third kappa shape index (κ3) is 7.56. The van der Waals surface area contributed by atoms with E-state index >= 15 is 0 Å². The van der Waals surface area contributed by atoms with Crippen LogP contribution in [0, 0.1) is 0 Å². The Morgan fingerprint density at radius 3 is 2.52 bits per heavy atom. The van der Waals surface area contributed by atoms with Crippen LogP contribution in [0.4, 0.5) is 5.69 Å². The van der Waals surface area contributed by atoms with Crippen LogP contribution in [-0.4, -0.2) is 49.5 Å². The Hall–Kier alpha value is -2.57. The highest BCUT2D eigenvalue weighted by molar-refractivity contribution is 6.31. The summed E-state index contributed by atoms with van der Waals surface area (Å²) in [4.78, 5) is 26.8. The Morgan fingerprint density at radius 2 is 1.81 bits per heavy atom. The molecule has 0 spiro atoms. The Kier molecular flexibility index (Phi) is 8.74. The van der Waals surface area contributed by atoms with Gasteiger partial charge in [-0.3, -0.25) is 9.59 Å². The average molecular weight is 444 g/mol. The predicted octanol–water partition coefficient (Wildman–Crippen LogP) is 3.89. The second-order valence-corrected chi connectivity index (χ2v) is 8.25. The van der Waals surface area contributed by atoms with Crippen LogP contribution < -0.4 is 15.4 Å². The molecule has 0 aromatic heterocycles. The summed E-state index contributed by atoms with van der Waals surface area (Å²) < 4.78 is 5.26. The number of amides is 2. The lowest BCUT2D eigenvalue weighted by Crippen LogP contribution is -2.45. The molecule has 0 unspecified atom stereocenters. The second kappa shape index (κ2) is 11.7. The lowest BCUT2D eigenvalue weighted by molar-refractivity contribution is -0.122. The molecule has 1 aliphatic rings. The van der Waals surface area contributed by atoms with Crippen LogP contribution in [0.25, 0.3) is 0 Å². The molecule has 0 saturated carbocycles. The van der Waals surface area contributed by atoms with Crippen molar-refractivity contribution in [1.82, 2.24) is 10.2 Å². The first-order valence-corrected chi connectivity index (χ1v) is 11.1. The first-order chi connectivity index (χ1) is 15.0. The number of hydrogen-bond acceptors (Lipinski definition) is 4. The van der Waals surface area contributed by atoms with E-state index in [2.05, 4.69) is 15.5 Å². The van der Waals surface area contributed by atoms with Gasteiger partial charge in [0.05, 0.1) is 12.8 Å². The fraction of sp³-hybridized carbons (Fsp3) is 0.417. The van der Waals surface area contributed by atoms with E-state index in [9.17, 15) is 9.59 Å². The molecule has 1 fully saturated rings. The van der Waals surface area contributed by atoms with Gasteiger partial charge in [0.2, 0.25) is 11.8 Å². The van der Waals surface area contributed by atoms with Crippen LogP contribution >= 0.6 is 11.6 Å². The van der Waals surface area contributed by atoms with Gasteiger partial charge in [-0.1, -0.05) is 41.9 Å². The van der Waals surface area contributed by atoms with Crippen molar-refractivity contribution in [3.05, 3.63) is 59.1 Å². The van der Waals surface area contributed by atoms with Crippen LogP contribution in [0.1, 0.15) is 31.2 Å². The van der Waals surface area contributed by atoms with Gasteiger partial charge in [0.25, 0.3) is 0 Å². The Balaban J connectivity index is 1.34. The molecular formula is C24H30ClN3O3. The summed E-state index contributed by atoms with van der Waals surface area (Å²) >= 11 is 6.01. The van der Waals surface area contributed by atoms with Crippen LogP contribution in [0.15, 0.2) is 48.5 Å². The van der Waals surface area contributed by atoms with Crippen LogP contribution in [0.3, 0.4) is 0 Å². The summed E-state index contributed by atoms with van der Waals surface area (Å²) in [7, 11) is 1.56. The van der Waals surface area contributed by atoms with Gasteiger partial charge in [0.15, 0.2) is 0 Å². The lowest BCUT2D eigenvalue weighted by Gasteiger charge is -2.32. The second-order valence-electron chi connectivity index (χ2n) is 7.81. The number of likely N-dealkylation sites (tertiary alicyclic amines) is 1. The number of piperidine rings is 1. The van der Waals surface area contributed by atoms with Crippen molar-refractivity contribution in [3.8, 4) is 5.75 Å². The number of ether oxygens (including phenoxy) is 1. The Labute approximate surface area is 188 Å². The minimum atomic E-state index is -0.0723. The van der Waals surface area contributed by atoms with Gasteiger partial charge in [-0.15, -0.1) is 0 Å². The number of carbonyl (C=O) groups excluding carboxylic acids is 2. The number of benzene rings is 2. The standard InChI is InChI=1S/C24H30ClN3O3/c1-31-22-9-8-19(25)17-21(22)27-24(30)13-16-28-14-11-20(12-15-28)26-23(29)10-7-18-5-3-2-4-6-18/h2-6,8-9,17,20H,7,10-16H2,1H3,(H,26,29)(H,27,30). The monoisotopic (exact) mass is 443 g/mol. The van der Waals surface area contributed by atoms with Gasteiger partial charge in [-0.25, -0.2) is 0 Å². The van der Waals surface area contributed by atoms with E-state index < -0.39 is 0 Å². The highest BCUT2D eigenvalue weighted by Crippen LogP contribution is 2.27. The van der Waals surface area contributed by atoms with Crippen molar-refractivity contribution in [2.75, 3.05) is 32.1 Å². The van der Waals surface area contributed by atoms with Crippen LogP contribution in [0.5, 0.6) is 5.75 Å². The van der Waals surface area contributed by atoms with Gasteiger partial charge in [0.1, 0.15) is 5.75 Å². The summed E-state index contributed by atoms with van der Waals surface area (Å²) in [6.07, 6.45) is 3.47. The predicted molar refractivity (Wildman–Crippen MR) is 124 cm³/mol. The van der Waals surface area contributed by atoms with Crippen molar-refractivity contribution in [2.24, 2.45) is 0 Å². The molecule has 1 aliphatic heterocycles. The topological polar surface area (TPSA) is 70.7 Å². The largest absolute Gasteiger partial charge is 0.495 e. The molecule has 1 heterocycles. The van der Waals surface area contributed by atoms with Gasteiger partial charge >= 0.3 is 0 Å². The molecule has 2 aromatic carbocycles. The minimum Gasteiger partial charge on any atom is -0.495 e. The quantitative estimate of drug-likeness (QED) is 0.616. The number of hydrogen-bond donors (Lipinski definition) is 2. The first kappa shape index (κ1) is 23.1. The van der Waals surface area contributed by atoms with Crippen LogP contribution in [-0.2, 0) is 16.0 Å². The molecule has 31 heavy (non-hydrogen) atoms. The van der Waals surface area contributed by atoms with E-state index in [1.54, 1.807) is 25.3 Å². The molecule has 2 N–H and O–H groups in total. The number of halogens is 1. The summed E-state index contributed by atoms with van der Waals surface area (Å²) in [5, 5.41) is 6.57. The number of aryl methyl sites for hydroxylation is 1. The zero-order valence-corrected chi connectivity index (χ0v) is 18.7. The third-order valence-electron chi connectivity index (χ3n) is 5.53. The molecule has 6 nitrogen and oxygen atoms in total. The van der Waals surface area contributed by atoms with E-state index in [0.29, 0.717) is 35.8 Å². The number of rotatable bonds is 9. The van der Waals surface area contributed by atoms with Crippen molar-refractivity contribution in [1.29, 1.82) is 0 Å². The van der Waals surface area contributed by atoms with E-state index in [1.165, 1.54) is 5.56 Å². The first-order valence-electron chi connectivity index (χ1n) is 10.7. The van der Waals surface area contributed by atoms with Gasteiger partial charge < -0.3 is 20.3 Å². The van der Waals surface area contributed by atoms with Crippen molar-refractivity contribution in [3.63, 3.8) is 0 Å². The number of nitrogens with zero attached hydrogens (tertiary/aromatic N) is 1. The van der Waals surface area contributed by atoms with E-state index in [-0.39, 0.29) is 17.9 Å². The molecule has 0 radical (unpaired) electrons. The van der Waals surface area contributed by atoms with Gasteiger partial charge in [-0.2, -0.15) is 0 Å². The summed E-state index contributed by atoms with van der Waals surface area (Å²) in [6, 6.07) is 15.4. The normalized spacial score (nSPS) is 14.8. The van der Waals surface area contributed by atoms with E-state index in [4.69, 9.17) is 16.3 Å². The fourth-order valence-corrected chi connectivity index (χ4v) is 3.93. The van der Waals surface area contributed by atoms with Crippen LogP contribution in [0.2, 0.25) is 5.02 Å². The maximum atomic E-state index is 12.3. The zero-order chi connectivity index (χ0) is 22.1. The molecule has 2 amide bonds. The fourth-order valence-electron chi connectivity index (χ4n) is 3.75. The molecule has 7 heteroatoms. The molecule has 2 aromatic rings. The highest BCUT2D eigenvalue weighted by Gasteiger charge is 2.21. The summed E-state index contributed by atoms with van der Waals surface area (Å²) in [5.74, 6) is 0.621. The minimum absolute atomic E-state index is 0.0723. The number of carbonyl (C=O) groups is 2. The molecule has 0 aliphatic carbocycles. The van der Waals surface area contributed by atoms with Crippen molar-refractivity contribution >= 4 is 29.1 Å². The third-order valence-corrected chi connectivity index (χ3v) is 5.76. The lowest BCUT2D eigenvalue weighted by atomic mass is 10.0. The summed E-state index contributed by atoms with van der Waals surface area (Å²) in [5.41, 5.74) is 1.76. The maximum Gasteiger partial charge on any atom is 0.225 e. The molecule has 1 saturated heterocycles. The molecular weight excluding hydrogens is 414 g/mol. The Morgan fingerprint density at radius 1 is 1.06 bits per heavy atom. The molecule has 166 valence electrons. The highest BCUT2D eigenvalue weighted by atomic mass is 35.5. The van der Waals surface area contributed by atoms with Gasteiger partial charge in [0, 0.05) is 43.5 Å². The zero-order valence-electron chi connectivity index (χ0n) is 17.9. The maximum absolute atomic E-state index is 12.3. The molecule has 0 atom stereocenters. The average Bonchev–Trinajstić information content (AvgIpc) is 2.78. The molecule has 3 rings (SSSR count). The van der Waals surface area contributed by atoms with E-state index in [0.717, 1.165) is 32.4 Å². The molecule has 0 bridgehead atoms.